The highest BCUT2D eigenvalue weighted by atomic mass is 79.9. The molecule has 0 atom stereocenters. The van der Waals surface area contributed by atoms with Crippen LogP contribution in [0.4, 0.5) is 0 Å². The van der Waals surface area contributed by atoms with Gasteiger partial charge in [-0.1, -0.05) is 51.8 Å². The molecule has 0 N–H and O–H groups in total. The van der Waals surface area contributed by atoms with Crippen LogP contribution in [0.1, 0.15) is 10.5 Å². The lowest BCUT2D eigenvalue weighted by Gasteiger charge is -2.01. The summed E-state index contributed by atoms with van der Waals surface area (Å²) in [7, 11) is 1.35. The van der Waals surface area contributed by atoms with Crippen molar-refractivity contribution in [2.75, 3.05) is 7.11 Å². The molecule has 0 saturated heterocycles. The Hall–Kier alpha value is -1.69. The number of carbonyl (C=O) groups excluding carboxylic acids is 1. The first-order valence-electron chi connectivity index (χ1n) is 6.69. The summed E-state index contributed by atoms with van der Waals surface area (Å²) in [6, 6.07) is 15.1. The van der Waals surface area contributed by atoms with Gasteiger partial charge < -0.3 is 4.74 Å². The van der Waals surface area contributed by atoms with Crippen molar-refractivity contribution in [2.45, 2.75) is 0 Å². The predicted octanol–water partition coefficient (Wildman–Crippen LogP) is 5.68. The van der Waals surface area contributed by atoms with Gasteiger partial charge in [-0.25, -0.2) is 9.78 Å². The fraction of sp³-hybridized carbons (Fsp3) is 0.0588. The summed E-state index contributed by atoms with van der Waals surface area (Å²) in [6.07, 6.45) is 0. The summed E-state index contributed by atoms with van der Waals surface area (Å²) in [5.74, 6) is -0.459. The molecule has 0 saturated carbocycles. The van der Waals surface area contributed by atoms with E-state index in [0.717, 1.165) is 25.5 Å². The molecular weight excluding hydrogens is 398 g/mol. The predicted molar refractivity (Wildman–Crippen MR) is 97.0 cm³/mol. The Kier molecular flexibility index (Phi) is 4.80. The van der Waals surface area contributed by atoms with Crippen LogP contribution in [-0.2, 0) is 4.74 Å². The molecule has 3 nitrogen and oxygen atoms in total. The van der Waals surface area contributed by atoms with Crippen molar-refractivity contribution >= 4 is 44.8 Å². The third-order valence-electron chi connectivity index (χ3n) is 3.18. The number of thiazole rings is 1. The Morgan fingerprint density at radius 1 is 1.17 bits per heavy atom. The lowest BCUT2D eigenvalue weighted by atomic mass is 10.1. The summed E-state index contributed by atoms with van der Waals surface area (Å²) >= 11 is 10.9. The van der Waals surface area contributed by atoms with Gasteiger partial charge in [-0.3, -0.25) is 0 Å². The van der Waals surface area contributed by atoms with Gasteiger partial charge in [0, 0.05) is 15.1 Å². The molecule has 6 heteroatoms. The van der Waals surface area contributed by atoms with E-state index in [9.17, 15) is 4.79 Å². The molecule has 116 valence electrons. The SMILES string of the molecule is COC(=O)c1nc(-c2ccc(Br)cc2)sc1-c1cccc(Cl)c1. The van der Waals surface area contributed by atoms with Gasteiger partial charge in [-0.2, -0.15) is 0 Å². The fourth-order valence-electron chi connectivity index (χ4n) is 2.10. The maximum absolute atomic E-state index is 12.1. The first-order valence-corrected chi connectivity index (χ1v) is 8.68. The molecule has 0 fully saturated rings. The molecule has 0 aliphatic carbocycles. The molecule has 3 rings (SSSR count). The van der Waals surface area contributed by atoms with Crippen LogP contribution >= 0.6 is 38.9 Å². The van der Waals surface area contributed by atoms with E-state index in [1.54, 1.807) is 6.07 Å². The Bertz CT molecular complexity index is 861. The molecule has 0 aliphatic rings. The molecule has 3 aromatic rings. The number of hydrogen-bond acceptors (Lipinski definition) is 4. The number of methoxy groups -OCH3 is 1. The molecule has 23 heavy (non-hydrogen) atoms. The number of esters is 1. The van der Waals surface area contributed by atoms with Crippen LogP contribution in [-0.4, -0.2) is 18.1 Å². The Morgan fingerprint density at radius 2 is 1.91 bits per heavy atom. The maximum Gasteiger partial charge on any atom is 0.358 e. The second-order valence-corrected chi connectivity index (χ2v) is 7.06. The van der Waals surface area contributed by atoms with Gasteiger partial charge in [0.25, 0.3) is 0 Å². The second-order valence-electron chi connectivity index (χ2n) is 4.71. The Balaban J connectivity index is 2.14. The quantitative estimate of drug-likeness (QED) is 0.523. The minimum atomic E-state index is -0.459. The maximum atomic E-state index is 12.1. The first kappa shape index (κ1) is 16.2. The number of nitrogens with zero attached hydrogens (tertiary/aromatic N) is 1. The van der Waals surface area contributed by atoms with Crippen LogP contribution in [0.15, 0.2) is 53.0 Å². The second kappa shape index (κ2) is 6.83. The fourth-order valence-corrected chi connectivity index (χ4v) is 3.61. The van der Waals surface area contributed by atoms with Crippen LogP contribution in [0.2, 0.25) is 5.02 Å². The number of aromatic nitrogens is 1. The van der Waals surface area contributed by atoms with Crippen molar-refractivity contribution in [3.63, 3.8) is 0 Å². The molecule has 0 radical (unpaired) electrons. The Labute approximate surface area is 151 Å². The zero-order valence-corrected chi connectivity index (χ0v) is 15.2. The van der Waals surface area contributed by atoms with Gasteiger partial charge in [-0.15, -0.1) is 11.3 Å². The zero-order valence-electron chi connectivity index (χ0n) is 12.0. The van der Waals surface area contributed by atoms with E-state index >= 15 is 0 Å². The van der Waals surface area contributed by atoms with Crippen molar-refractivity contribution in [2.24, 2.45) is 0 Å². The lowest BCUT2D eigenvalue weighted by molar-refractivity contribution is 0.0596. The van der Waals surface area contributed by atoms with Crippen LogP contribution < -0.4 is 0 Å². The van der Waals surface area contributed by atoms with Crippen molar-refractivity contribution in [3.8, 4) is 21.0 Å². The monoisotopic (exact) mass is 407 g/mol. The van der Waals surface area contributed by atoms with Gasteiger partial charge in [0.1, 0.15) is 5.01 Å². The standard InChI is InChI=1S/C17H11BrClNO2S/c1-22-17(21)14-15(11-3-2-4-13(19)9-11)23-16(20-14)10-5-7-12(18)8-6-10/h2-9H,1H3. The molecule has 2 aromatic carbocycles. The summed E-state index contributed by atoms with van der Waals surface area (Å²) in [5.41, 5.74) is 2.09. The van der Waals surface area contributed by atoms with E-state index in [4.69, 9.17) is 16.3 Å². The number of hydrogen-bond donors (Lipinski definition) is 0. The smallest absolute Gasteiger partial charge is 0.358 e. The molecule has 1 aromatic heterocycles. The highest BCUT2D eigenvalue weighted by Gasteiger charge is 2.21. The number of ether oxygens (including phenoxy) is 1. The molecular formula is C17H11BrClNO2S. The number of carbonyl (C=O) groups is 1. The summed E-state index contributed by atoms with van der Waals surface area (Å²) < 4.78 is 5.85. The normalized spacial score (nSPS) is 10.6. The van der Waals surface area contributed by atoms with Crippen molar-refractivity contribution in [1.82, 2.24) is 4.98 Å². The van der Waals surface area contributed by atoms with Crippen LogP contribution in [0.25, 0.3) is 21.0 Å². The third kappa shape index (κ3) is 3.47. The first-order chi connectivity index (χ1) is 11.1. The number of benzene rings is 2. The minimum Gasteiger partial charge on any atom is -0.464 e. The van der Waals surface area contributed by atoms with Gasteiger partial charge in [0.15, 0.2) is 5.69 Å². The van der Waals surface area contributed by atoms with Gasteiger partial charge in [0.2, 0.25) is 0 Å². The topological polar surface area (TPSA) is 39.2 Å². The molecule has 0 unspecified atom stereocenters. The highest BCUT2D eigenvalue weighted by molar-refractivity contribution is 9.10. The Morgan fingerprint density at radius 3 is 2.57 bits per heavy atom. The average Bonchev–Trinajstić information content (AvgIpc) is 3.00. The van der Waals surface area contributed by atoms with E-state index in [1.165, 1.54) is 18.4 Å². The zero-order chi connectivity index (χ0) is 16.4. The average molecular weight is 409 g/mol. The molecule has 0 aliphatic heterocycles. The molecule has 0 spiro atoms. The molecule has 1 heterocycles. The minimum absolute atomic E-state index is 0.303. The molecule has 0 amide bonds. The summed E-state index contributed by atoms with van der Waals surface area (Å²) in [4.78, 5) is 17.3. The van der Waals surface area contributed by atoms with E-state index in [0.29, 0.717) is 10.7 Å². The number of halogens is 2. The third-order valence-corrected chi connectivity index (χ3v) is 5.10. The summed E-state index contributed by atoms with van der Waals surface area (Å²) in [6.45, 7) is 0. The van der Waals surface area contributed by atoms with Crippen molar-refractivity contribution in [3.05, 3.63) is 63.7 Å². The van der Waals surface area contributed by atoms with Gasteiger partial charge in [0.05, 0.1) is 12.0 Å². The van der Waals surface area contributed by atoms with Gasteiger partial charge in [-0.05, 0) is 29.8 Å². The van der Waals surface area contributed by atoms with Gasteiger partial charge >= 0.3 is 5.97 Å². The van der Waals surface area contributed by atoms with Crippen molar-refractivity contribution < 1.29 is 9.53 Å². The van der Waals surface area contributed by atoms with Crippen LogP contribution in [0.5, 0.6) is 0 Å². The van der Waals surface area contributed by atoms with E-state index in [-0.39, 0.29) is 0 Å². The number of rotatable bonds is 3. The molecule has 0 bridgehead atoms. The van der Waals surface area contributed by atoms with Crippen LogP contribution in [0, 0.1) is 0 Å². The van der Waals surface area contributed by atoms with Crippen molar-refractivity contribution in [1.29, 1.82) is 0 Å². The van der Waals surface area contributed by atoms with E-state index in [1.807, 2.05) is 42.5 Å². The summed E-state index contributed by atoms with van der Waals surface area (Å²) in [5, 5.41) is 1.37. The largest absolute Gasteiger partial charge is 0.464 e. The van der Waals surface area contributed by atoms with E-state index < -0.39 is 5.97 Å². The van der Waals surface area contributed by atoms with Crippen LogP contribution in [0.3, 0.4) is 0 Å². The highest BCUT2D eigenvalue weighted by Crippen LogP contribution is 2.37. The lowest BCUT2D eigenvalue weighted by Crippen LogP contribution is -2.03. The van der Waals surface area contributed by atoms with E-state index in [2.05, 4.69) is 20.9 Å².